The summed E-state index contributed by atoms with van der Waals surface area (Å²) >= 11 is 0. The van der Waals surface area contributed by atoms with Gasteiger partial charge in [0.05, 0.1) is 23.6 Å². The van der Waals surface area contributed by atoms with Gasteiger partial charge in [0.2, 0.25) is 11.6 Å². The predicted molar refractivity (Wildman–Crippen MR) is 152 cm³/mol. The second-order valence-electron chi connectivity index (χ2n) is 10.0. The van der Waals surface area contributed by atoms with Crippen LogP contribution in [0.1, 0.15) is 31.9 Å². The lowest BCUT2D eigenvalue weighted by molar-refractivity contribution is -0.138. The molecule has 2 unspecified atom stereocenters. The molecule has 0 saturated heterocycles. The molecular weight excluding hydrogens is 563 g/mol. The Balaban J connectivity index is 0.000000236. The van der Waals surface area contributed by atoms with Crippen molar-refractivity contribution in [2.75, 3.05) is 0 Å². The lowest BCUT2D eigenvalue weighted by atomic mass is 10.0. The van der Waals surface area contributed by atoms with Crippen molar-refractivity contribution in [3.05, 3.63) is 59.5 Å². The van der Waals surface area contributed by atoms with Gasteiger partial charge in [-0.2, -0.15) is 0 Å². The molecular formula is C29H31FN6O7. The lowest BCUT2D eigenvalue weighted by Crippen LogP contribution is -2.32. The fraction of sp³-hybridized carbons (Fsp3) is 0.310. The molecule has 226 valence electrons. The molecule has 0 amide bonds. The second-order valence-corrected chi connectivity index (χ2v) is 10.0. The SMILES string of the molecule is CC(=O)C(=O)Cn1cc(CC(N)C(=O)O)c2c(F)cccc21.CC(=O)C(=O)Cn1nnc2cc(CC(N)C(C)=O)ccc21. The molecule has 2 heterocycles. The molecule has 43 heavy (non-hydrogen) atoms. The Bertz CT molecular complexity index is 1740. The number of fused-ring (bicyclic) bond motifs is 2. The van der Waals surface area contributed by atoms with Crippen molar-refractivity contribution in [3.8, 4) is 0 Å². The summed E-state index contributed by atoms with van der Waals surface area (Å²) in [6.07, 6.45) is 1.82. The highest BCUT2D eigenvalue weighted by atomic mass is 19.1. The molecule has 13 nitrogen and oxygen atoms in total. The molecule has 0 spiro atoms. The molecule has 0 bridgehead atoms. The maximum atomic E-state index is 14.1. The largest absolute Gasteiger partial charge is 0.480 e. The third-order valence-corrected chi connectivity index (χ3v) is 6.64. The number of aromatic nitrogens is 4. The van der Waals surface area contributed by atoms with Crippen molar-refractivity contribution < 1.29 is 38.3 Å². The normalized spacial score (nSPS) is 12.3. The number of hydrogen-bond acceptors (Lipinski definition) is 10. The number of nitrogens with zero attached hydrogens (tertiary/aromatic N) is 4. The van der Waals surface area contributed by atoms with Crippen LogP contribution in [-0.4, -0.2) is 71.6 Å². The summed E-state index contributed by atoms with van der Waals surface area (Å²) < 4.78 is 16.9. The van der Waals surface area contributed by atoms with Crippen molar-refractivity contribution in [1.82, 2.24) is 19.6 Å². The third-order valence-electron chi connectivity index (χ3n) is 6.64. The summed E-state index contributed by atoms with van der Waals surface area (Å²) in [7, 11) is 0. The van der Waals surface area contributed by atoms with Crippen LogP contribution in [0.2, 0.25) is 0 Å². The van der Waals surface area contributed by atoms with Gasteiger partial charge < -0.3 is 21.1 Å². The minimum atomic E-state index is -1.20. The molecule has 0 fully saturated rings. The highest BCUT2D eigenvalue weighted by molar-refractivity contribution is 6.36. The maximum Gasteiger partial charge on any atom is 0.320 e. The molecule has 0 aliphatic rings. The smallest absolute Gasteiger partial charge is 0.320 e. The van der Waals surface area contributed by atoms with Gasteiger partial charge in [0, 0.05) is 31.9 Å². The first-order chi connectivity index (χ1) is 20.2. The minimum Gasteiger partial charge on any atom is -0.480 e. The Morgan fingerprint density at radius 1 is 0.884 bits per heavy atom. The lowest BCUT2D eigenvalue weighted by Gasteiger charge is -2.07. The van der Waals surface area contributed by atoms with Crippen molar-refractivity contribution in [2.24, 2.45) is 11.5 Å². The van der Waals surface area contributed by atoms with E-state index in [-0.39, 0.29) is 30.7 Å². The van der Waals surface area contributed by atoms with E-state index in [9.17, 15) is 33.2 Å². The van der Waals surface area contributed by atoms with Crippen LogP contribution in [0.25, 0.3) is 21.9 Å². The average molecular weight is 595 g/mol. The van der Waals surface area contributed by atoms with Gasteiger partial charge in [0.1, 0.15) is 29.7 Å². The highest BCUT2D eigenvalue weighted by Crippen LogP contribution is 2.25. The van der Waals surface area contributed by atoms with Crippen molar-refractivity contribution in [1.29, 1.82) is 0 Å². The number of carbonyl (C=O) groups excluding carboxylic acids is 5. The number of ketones is 5. The Morgan fingerprint density at radius 3 is 2.14 bits per heavy atom. The molecule has 4 rings (SSSR count). The molecule has 2 aromatic carbocycles. The fourth-order valence-corrected chi connectivity index (χ4v) is 4.17. The van der Waals surface area contributed by atoms with Crippen LogP contribution in [0.5, 0.6) is 0 Å². The van der Waals surface area contributed by atoms with Crippen LogP contribution in [0.4, 0.5) is 4.39 Å². The quantitative estimate of drug-likeness (QED) is 0.196. The van der Waals surface area contributed by atoms with Gasteiger partial charge >= 0.3 is 5.97 Å². The Kier molecular flexibility index (Phi) is 10.5. The Morgan fingerprint density at radius 2 is 1.53 bits per heavy atom. The summed E-state index contributed by atoms with van der Waals surface area (Å²) in [4.78, 5) is 67.2. The molecule has 5 N–H and O–H groups in total. The summed E-state index contributed by atoms with van der Waals surface area (Å²) in [6, 6.07) is 7.94. The number of hydrogen-bond donors (Lipinski definition) is 3. The van der Waals surface area contributed by atoms with E-state index in [1.807, 2.05) is 6.07 Å². The van der Waals surface area contributed by atoms with Gasteiger partial charge in [-0.1, -0.05) is 17.3 Å². The first-order valence-electron chi connectivity index (χ1n) is 13.1. The van der Waals surface area contributed by atoms with Crippen LogP contribution in [0, 0.1) is 5.82 Å². The number of rotatable bonds is 12. The van der Waals surface area contributed by atoms with Gasteiger partial charge in [-0.05, 0) is 48.7 Å². The zero-order valence-corrected chi connectivity index (χ0v) is 23.7. The maximum absolute atomic E-state index is 14.1. The summed E-state index contributed by atoms with van der Waals surface area (Å²) in [6.45, 7) is 3.49. The number of nitrogens with two attached hydrogens (primary N) is 2. The number of benzene rings is 2. The van der Waals surface area contributed by atoms with E-state index in [1.54, 1.807) is 18.2 Å². The molecule has 14 heteroatoms. The summed E-state index contributed by atoms with van der Waals surface area (Å²) in [5.41, 5.74) is 14.2. The number of aliphatic carboxylic acids is 1. The number of halogens is 1. The number of carboxylic acids is 1. The van der Waals surface area contributed by atoms with Crippen molar-refractivity contribution >= 4 is 56.8 Å². The van der Waals surface area contributed by atoms with Gasteiger partial charge in [0.25, 0.3) is 0 Å². The standard InChI is InChI=1S/C15H15FN2O4.C14H16N4O3/c1-8(19)13(20)7-18-6-9(5-11(17)15(21)22)14-10(16)3-2-4-12(14)18;1-8(19)11(15)5-10-3-4-13-12(6-10)16-17-18(13)7-14(21)9(2)20/h2-4,6,11H,5,7,17H2,1H3,(H,21,22);3-4,6,11H,5,7,15H2,1-2H3. The van der Waals surface area contributed by atoms with Gasteiger partial charge in [-0.15, -0.1) is 5.10 Å². The number of Topliss-reactive ketones (excluding diaryl/α,β-unsaturated/α-hetero) is 5. The summed E-state index contributed by atoms with van der Waals surface area (Å²) in [5.74, 6) is -4.05. The van der Waals surface area contributed by atoms with E-state index in [4.69, 9.17) is 16.6 Å². The Labute approximate surface area is 244 Å². The van der Waals surface area contributed by atoms with Gasteiger partial charge in [0.15, 0.2) is 11.6 Å². The predicted octanol–water partition coefficient (Wildman–Crippen LogP) is 0.941. The minimum absolute atomic E-state index is 0.0754. The molecule has 2 aromatic heterocycles. The first-order valence-corrected chi connectivity index (χ1v) is 13.1. The first kappa shape index (κ1) is 32.6. The van der Waals surface area contributed by atoms with Crippen LogP contribution >= 0.6 is 0 Å². The van der Waals surface area contributed by atoms with E-state index >= 15 is 0 Å². The van der Waals surface area contributed by atoms with E-state index in [0.29, 0.717) is 28.5 Å². The van der Waals surface area contributed by atoms with Crippen molar-refractivity contribution in [2.45, 2.75) is 58.8 Å². The molecule has 0 aliphatic heterocycles. The van der Waals surface area contributed by atoms with Gasteiger partial charge in [-0.3, -0.25) is 28.8 Å². The molecule has 0 radical (unpaired) electrons. The van der Waals surface area contributed by atoms with Crippen LogP contribution in [0.3, 0.4) is 0 Å². The zero-order chi connectivity index (χ0) is 32.0. The molecule has 0 aliphatic carbocycles. The molecule has 2 atom stereocenters. The van der Waals surface area contributed by atoms with E-state index in [1.165, 1.54) is 41.4 Å². The topological polar surface area (TPSA) is 210 Å². The van der Waals surface area contributed by atoms with E-state index < -0.39 is 47.0 Å². The van der Waals surface area contributed by atoms with E-state index in [2.05, 4.69) is 10.3 Å². The van der Waals surface area contributed by atoms with Crippen molar-refractivity contribution in [3.63, 3.8) is 0 Å². The Hall–Kier alpha value is -4.95. The fourth-order valence-electron chi connectivity index (χ4n) is 4.17. The third kappa shape index (κ3) is 8.08. The van der Waals surface area contributed by atoms with E-state index in [0.717, 1.165) is 12.5 Å². The van der Waals surface area contributed by atoms with Gasteiger partial charge in [-0.25, -0.2) is 9.07 Å². The average Bonchev–Trinajstić information content (AvgIpc) is 3.49. The molecule has 4 aromatic rings. The molecule has 0 saturated carbocycles. The number of carbonyl (C=O) groups is 6. The second kappa shape index (κ2) is 13.8. The van der Waals surface area contributed by atoms with Crippen LogP contribution in [0.15, 0.2) is 42.6 Å². The van der Waals surface area contributed by atoms with Crippen LogP contribution in [-0.2, 0) is 54.7 Å². The monoisotopic (exact) mass is 594 g/mol. The number of carboxylic acid groups (broad SMARTS) is 1. The summed E-state index contributed by atoms with van der Waals surface area (Å²) in [5, 5.41) is 16.9. The highest BCUT2D eigenvalue weighted by Gasteiger charge is 2.20. The van der Waals surface area contributed by atoms with Crippen LogP contribution < -0.4 is 11.5 Å². The zero-order valence-electron chi connectivity index (χ0n) is 23.7.